The number of anilines is 1. The van der Waals surface area contributed by atoms with Crippen molar-refractivity contribution in [3.8, 4) is 0 Å². The second-order valence-electron chi connectivity index (χ2n) is 5.93. The van der Waals surface area contributed by atoms with Gasteiger partial charge in [-0.3, -0.25) is 9.59 Å². The van der Waals surface area contributed by atoms with Crippen LogP contribution in [-0.4, -0.2) is 27.6 Å². The number of amides is 1. The molecule has 0 unspecified atom stereocenters. The minimum Gasteiger partial charge on any atom is -0.309 e. The molecule has 1 aromatic carbocycles. The summed E-state index contributed by atoms with van der Waals surface area (Å²) in [7, 11) is 0. The summed E-state index contributed by atoms with van der Waals surface area (Å²) in [4.78, 5) is 23.9. The Labute approximate surface area is 146 Å². The lowest BCUT2D eigenvalue weighted by atomic mass is 10.0. The van der Waals surface area contributed by atoms with Crippen LogP contribution in [-0.2, 0) is 4.79 Å². The first kappa shape index (κ1) is 18.1. The lowest BCUT2D eigenvalue weighted by Gasteiger charge is -2.07. The fourth-order valence-corrected chi connectivity index (χ4v) is 2.78. The van der Waals surface area contributed by atoms with Gasteiger partial charge in [0.05, 0.1) is 5.75 Å². The van der Waals surface area contributed by atoms with Gasteiger partial charge in [0.15, 0.2) is 11.6 Å². The summed E-state index contributed by atoms with van der Waals surface area (Å²) in [5.41, 5.74) is 2.86. The fraction of sp³-hybridized carbons (Fsp3) is 0.333. The number of hydrogen-bond donors (Lipinski definition) is 1. The molecule has 0 spiro atoms. The molecule has 5 nitrogen and oxygen atoms in total. The maximum Gasteiger partial charge on any atom is 0.228 e. The highest BCUT2D eigenvalue weighted by Gasteiger charge is 2.11. The van der Waals surface area contributed by atoms with E-state index in [1.165, 1.54) is 11.8 Å². The van der Waals surface area contributed by atoms with Crippen LogP contribution in [0.15, 0.2) is 35.4 Å². The van der Waals surface area contributed by atoms with Crippen molar-refractivity contribution < 1.29 is 9.59 Å². The maximum absolute atomic E-state index is 12.3. The van der Waals surface area contributed by atoms with Gasteiger partial charge in [0.1, 0.15) is 5.03 Å². The number of ketones is 1. The number of aryl methyl sites for hydroxylation is 2. The van der Waals surface area contributed by atoms with E-state index in [1.54, 1.807) is 12.1 Å². The monoisotopic (exact) mass is 343 g/mol. The lowest BCUT2D eigenvalue weighted by Crippen LogP contribution is -2.18. The Bertz CT molecular complexity index is 742. The number of nitrogens with zero attached hydrogens (tertiary/aromatic N) is 2. The number of aromatic nitrogens is 2. The number of benzene rings is 1. The number of nitrogens with one attached hydrogen (secondary N) is 1. The van der Waals surface area contributed by atoms with E-state index in [0.717, 1.165) is 16.7 Å². The summed E-state index contributed by atoms with van der Waals surface area (Å²) in [6, 6.07) is 9.25. The third kappa shape index (κ3) is 4.89. The maximum atomic E-state index is 12.3. The Kier molecular flexibility index (Phi) is 6.09. The van der Waals surface area contributed by atoms with Crippen molar-refractivity contribution in [2.24, 2.45) is 5.92 Å². The number of carbonyl (C=O) groups is 2. The molecule has 126 valence electrons. The highest BCUT2D eigenvalue weighted by atomic mass is 32.2. The van der Waals surface area contributed by atoms with Crippen LogP contribution in [0.5, 0.6) is 0 Å². The molecule has 0 bridgehead atoms. The highest BCUT2D eigenvalue weighted by Crippen LogP contribution is 2.19. The number of carbonyl (C=O) groups excluding carboxylic acids is 2. The molecule has 0 radical (unpaired) electrons. The van der Waals surface area contributed by atoms with Gasteiger partial charge in [-0.05, 0) is 31.5 Å². The number of thioether (sulfide) groups is 1. The molecule has 1 aromatic heterocycles. The predicted molar refractivity (Wildman–Crippen MR) is 96.5 cm³/mol. The van der Waals surface area contributed by atoms with Crippen LogP contribution in [0.3, 0.4) is 0 Å². The first-order valence-corrected chi connectivity index (χ1v) is 8.73. The predicted octanol–water partition coefficient (Wildman–Crippen LogP) is 3.66. The minimum absolute atomic E-state index is 0.0662. The zero-order valence-electron chi connectivity index (χ0n) is 14.3. The Morgan fingerprint density at radius 1 is 1.12 bits per heavy atom. The van der Waals surface area contributed by atoms with E-state index in [-0.39, 0.29) is 17.6 Å². The fourth-order valence-electron chi connectivity index (χ4n) is 2.08. The molecule has 1 amide bonds. The van der Waals surface area contributed by atoms with Gasteiger partial charge < -0.3 is 5.32 Å². The van der Waals surface area contributed by atoms with Gasteiger partial charge in [-0.1, -0.05) is 49.4 Å². The second kappa shape index (κ2) is 8.06. The van der Waals surface area contributed by atoms with E-state index >= 15 is 0 Å². The zero-order chi connectivity index (χ0) is 17.7. The SMILES string of the molecule is Cc1ccc(C(=O)CSc2ccc(NC(=O)C(C)C)nn2)c(C)c1. The molecule has 0 aliphatic heterocycles. The normalized spacial score (nSPS) is 10.7. The summed E-state index contributed by atoms with van der Waals surface area (Å²) in [5, 5.41) is 11.3. The molecule has 0 aliphatic rings. The molecule has 1 N–H and O–H groups in total. The summed E-state index contributed by atoms with van der Waals surface area (Å²) in [6.07, 6.45) is 0. The molecule has 2 rings (SSSR count). The molecular weight excluding hydrogens is 322 g/mol. The van der Waals surface area contributed by atoms with Crippen LogP contribution in [0.4, 0.5) is 5.82 Å². The van der Waals surface area contributed by atoms with Crippen LogP contribution < -0.4 is 5.32 Å². The van der Waals surface area contributed by atoms with E-state index in [1.807, 2.05) is 45.9 Å². The van der Waals surface area contributed by atoms with Crippen molar-refractivity contribution in [2.75, 3.05) is 11.1 Å². The van der Waals surface area contributed by atoms with Gasteiger partial charge in [0.25, 0.3) is 0 Å². The Morgan fingerprint density at radius 3 is 2.46 bits per heavy atom. The third-order valence-corrected chi connectivity index (χ3v) is 4.37. The van der Waals surface area contributed by atoms with Gasteiger partial charge in [-0.2, -0.15) is 0 Å². The van der Waals surface area contributed by atoms with Gasteiger partial charge in [-0.25, -0.2) is 0 Å². The Balaban J connectivity index is 1.94. The molecule has 24 heavy (non-hydrogen) atoms. The van der Waals surface area contributed by atoms with Crippen LogP contribution in [0.25, 0.3) is 0 Å². The summed E-state index contributed by atoms with van der Waals surface area (Å²) >= 11 is 1.33. The first-order chi connectivity index (χ1) is 11.4. The van der Waals surface area contributed by atoms with Crippen molar-refractivity contribution in [2.45, 2.75) is 32.7 Å². The highest BCUT2D eigenvalue weighted by molar-refractivity contribution is 7.99. The molecule has 1 heterocycles. The van der Waals surface area contributed by atoms with Gasteiger partial charge in [-0.15, -0.1) is 10.2 Å². The minimum atomic E-state index is -0.115. The number of Topliss-reactive ketones (excluding diaryl/α,β-unsaturated/α-hetero) is 1. The van der Waals surface area contributed by atoms with E-state index in [0.29, 0.717) is 16.6 Å². The smallest absolute Gasteiger partial charge is 0.228 e. The molecule has 0 aliphatic carbocycles. The molecule has 0 saturated carbocycles. The van der Waals surface area contributed by atoms with Gasteiger partial charge >= 0.3 is 0 Å². The molecule has 6 heteroatoms. The number of rotatable bonds is 6. The zero-order valence-corrected chi connectivity index (χ0v) is 15.1. The molecular formula is C18H21N3O2S. The topological polar surface area (TPSA) is 72.0 Å². The quantitative estimate of drug-likeness (QED) is 0.640. The Hall–Kier alpha value is -2.21. The third-order valence-electron chi connectivity index (χ3n) is 3.45. The summed E-state index contributed by atoms with van der Waals surface area (Å²) < 4.78 is 0. The van der Waals surface area contributed by atoms with Crippen LogP contribution in [0.1, 0.15) is 35.3 Å². The van der Waals surface area contributed by atoms with Crippen molar-refractivity contribution in [3.63, 3.8) is 0 Å². The van der Waals surface area contributed by atoms with E-state index in [4.69, 9.17) is 0 Å². The van der Waals surface area contributed by atoms with Gasteiger partial charge in [0, 0.05) is 11.5 Å². The average molecular weight is 343 g/mol. The van der Waals surface area contributed by atoms with Crippen molar-refractivity contribution >= 4 is 29.3 Å². The van der Waals surface area contributed by atoms with Crippen LogP contribution in [0.2, 0.25) is 0 Å². The summed E-state index contributed by atoms with van der Waals surface area (Å²) in [6.45, 7) is 7.57. The average Bonchev–Trinajstić information content (AvgIpc) is 2.53. The summed E-state index contributed by atoms with van der Waals surface area (Å²) in [5.74, 6) is 0.567. The van der Waals surface area contributed by atoms with Crippen molar-refractivity contribution in [1.29, 1.82) is 0 Å². The first-order valence-electron chi connectivity index (χ1n) is 7.74. The van der Waals surface area contributed by atoms with E-state index in [2.05, 4.69) is 15.5 Å². The van der Waals surface area contributed by atoms with Crippen molar-refractivity contribution in [3.05, 3.63) is 47.0 Å². The lowest BCUT2D eigenvalue weighted by molar-refractivity contribution is -0.118. The second-order valence-corrected chi connectivity index (χ2v) is 6.93. The van der Waals surface area contributed by atoms with Crippen LogP contribution >= 0.6 is 11.8 Å². The molecule has 0 fully saturated rings. The van der Waals surface area contributed by atoms with E-state index in [9.17, 15) is 9.59 Å². The van der Waals surface area contributed by atoms with E-state index < -0.39 is 0 Å². The molecule has 2 aromatic rings. The molecule has 0 atom stereocenters. The van der Waals surface area contributed by atoms with Gasteiger partial charge in [0.2, 0.25) is 5.91 Å². The van der Waals surface area contributed by atoms with Crippen molar-refractivity contribution in [1.82, 2.24) is 10.2 Å². The Morgan fingerprint density at radius 2 is 1.88 bits per heavy atom. The standard InChI is InChI=1S/C18H21N3O2S/c1-11(2)18(23)19-16-7-8-17(21-20-16)24-10-15(22)14-6-5-12(3)9-13(14)4/h5-9,11H,10H2,1-4H3,(H,19,20,23). The molecule has 0 saturated heterocycles. The van der Waals surface area contributed by atoms with Crippen LogP contribution in [0, 0.1) is 19.8 Å². The number of hydrogen-bond acceptors (Lipinski definition) is 5. The largest absolute Gasteiger partial charge is 0.309 e.